The number of nitrogens with one attached hydrogen (secondary N) is 1. The third kappa shape index (κ3) is 4.63. The topological polar surface area (TPSA) is 73.6 Å². The van der Waals surface area contributed by atoms with E-state index in [4.69, 9.17) is 15.2 Å². The minimum absolute atomic E-state index is 0.0286. The van der Waals surface area contributed by atoms with Gasteiger partial charge in [0.1, 0.15) is 0 Å². The molecule has 21 heavy (non-hydrogen) atoms. The number of hydrogen-bond acceptors (Lipinski definition) is 4. The number of carbonyl (C=O) groups excluding carboxylic acids is 1. The van der Waals surface area contributed by atoms with E-state index >= 15 is 0 Å². The molecule has 3 N–H and O–H groups in total. The molecule has 5 nitrogen and oxygen atoms in total. The summed E-state index contributed by atoms with van der Waals surface area (Å²) in [7, 11) is 0. The Morgan fingerprint density at radius 1 is 1.14 bits per heavy atom. The molecule has 0 aliphatic carbocycles. The van der Waals surface area contributed by atoms with Crippen LogP contribution in [0.5, 0.6) is 11.5 Å². The van der Waals surface area contributed by atoms with E-state index in [2.05, 4.69) is 5.32 Å². The summed E-state index contributed by atoms with van der Waals surface area (Å²) in [6.07, 6.45) is 4.58. The van der Waals surface area contributed by atoms with Gasteiger partial charge in [0.05, 0.1) is 0 Å². The van der Waals surface area contributed by atoms with Gasteiger partial charge >= 0.3 is 0 Å². The third-order valence-electron chi connectivity index (χ3n) is 3.30. The first-order valence-corrected chi connectivity index (χ1v) is 7.52. The van der Waals surface area contributed by atoms with Crippen LogP contribution in [0.15, 0.2) is 18.2 Å². The van der Waals surface area contributed by atoms with Gasteiger partial charge < -0.3 is 20.5 Å². The molecule has 1 amide bonds. The van der Waals surface area contributed by atoms with Crippen LogP contribution < -0.4 is 20.5 Å². The Balaban J connectivity index is 1.80. The van der Waals surface area contributed by atoms with E-state index in [9.17, 15) is 4.79 Å². The van der Waals surface area contributed by atoms with Crippen LogP contribution in [0.2, 0.25) is 0 Å². The molecule has 116 valence electrons. The van der Waals surface area contributed by atoms with E-state index in [1.807, 2.05) is 26.0 Å². The van der Waals surface area contributed by atoms with E-state index in [1.165, 1.54) is 0 Å². The van der Waals surface area contributed by atoms with Crippen molar-refractivity contribution in [2.45, 2.75) is 51.7 Å². The first-order chi connectivity index (χ1) is 10.00. The average molecular weight is 292 g/mol. The van der Waals surface area contributed by atoms with E-state index < -0.39 is 5.79 Å². The Hall–Kier alpha value is -1.75. The van der Waals surface area contributed by atoms with Crippen molar-refractivity contribution in [2.24, 2.45) is 5.73 Å². The second-order valence-corrected chi connectivity index (χ2v) is 5.77. The van der Waals surface area contributed by atoms with E-state index in [0.29, 0.717) is 17.9 Å². The standard InChI is InChI=1S/C16H24N2O3/c1-16(2)20-13-9-8-12(11-14(13)21-16)18-15(19)7-5-3-4-6-10-17/h8-9,11H,3-7,10,17H2,1-2H3,(H,18,19). The van der Waals surface area contributed by atoms with Crippen molar-refractivity contribution < 1.29 is 14.3 Å². The van der Waals surface area contributed by atoms with E-state index in [1.54, 1.807) is 6.07 Å². The molecular weight excluding hydrogens is 268 g/mol. The monoisotopic (exact) mass is 292 g/mol. The lowest BCUT2D eigenvalue weighted by molar-refractivity contribution is -0.116. The van der Waals surface area contributed by atoms with Gasteiger partial charge in [-0.1, -0.05) is 12.8 Å². The number of fused-ring (bicyclic) bond motifs is 1. The Labute approximate surface area is 125 Å². The highest BCUT2D eigenvalue weighted by Gasteiger charge is 2.31. The van der Waals surface area contributed by atoms with Crippen molar-refractivity contribution >= 4 is 11.6 Å². The van der Waals surface area contributed by atoms with Gasteiger partial charge in [0.15, 0.2) is 11.5 Å². The fourth-order valence-electron chi connectivity index (χ4n) is 2.31. The highest BCUT2D eigenvalue weighted by molar-refractivity contribution is 5.91. The smallest absolute Gasteiger partial charge is 0.246 e. The predicted molar refractivity (Wildman–Crippen MR) is 82.5 cm³/mol. The predicted octanol–water partition coefficient (Wildman–Crippen LogP) is 3.04. The summed E-state index contributed by atoms with van der Waals surface area (Å²) in [5, 5.41) is 2.89. The zero-order chi connectivity index (χ0) is 15.3. The normalized spacial score (nSPS) is 15.0. The molecule has 0 bridgehead atoms. The van der Waals surface area contributed by atoms with Gasteiger partial charge in [-0.05, 0) is 31.5 Å². The van der Waals surface area contributed by atoms with Crippen molar-refractivity contribution in [1.29, 1.82) is 0 Å². The highest BCUT2D eigenvalue weighted by Crippen LogP contribution is 2.40. The minimum atomic E-state index is -0.645. The number of rotatable bonds is 7. The van der Waals surface area contributed by atoms with Gasteiger partial charge in [-0.25, -0.2) is 0 Å². The maximum atomic E-state index is 11.9. The zero-order valence-corrected chi connectivity index (χ0v) is 12.8. The van der Waals surface area contributed by atoms with Crippen LogP contribution in [0.25, 0.3) is 0 Å². The summed E-state index contributed by atoms with van der Waals surface area (Å²) in [6.45, 7) is 4.43. The first-order valence-electron chi connectivity index (χ1n) is 7.52. The summed E-state index contributed by atoms with van der Waals surface area (Å²) >= 11 is 0. The molecule has 1 aromatic carbocycles. The molecule has 1 aliphatic rings. The Morgan fingerprint density at radius 3 is 2.62 bits per heavy atom. The molecule has 0 spiro atoms. The second kappa shape index (κ2) is 6.80. The molecule has 0 atom stereocenters. The van der Waals surface area contributed by atoms with Crippen molar-refractivity contribution in [2.75, 3.05) is 11.9 Å². The molecule has 2 rings (SSSR count). The van der Waals surface area contributed by atoms with Gasteiger partial charge in [-0.15, -0.1) is 0 Å². The van der Waals surface area contributed by atoms with Gasteiger partial charge in [0, 0.05) is 32.0 Å². The Morgan fingerprint density at radius 2 is 1.86 bits per heavy atom. The van der Waals surface area contributed by atoms with Crippen LogP contribution in [-0.4, -0.2) is 18.2 Å². The molecule has 1 aromatic rings. The molecule has 0 fully saturated rings. The van der Waals surface area contributed by atoms with E-state index in [-0.39, 0.29) is 5.91 Å². The van der Waals surface area contributed by atoms with Gasteiger partial charge in [-0.2, -0.15) is 0 Å². The van der Waals surface area contributed by atoms with Crippen molar-refractivity contribution in [3.63, 3.8) is 0 Å². The SMILES string of the molecule is CC1(C)Oc2ccc(NC(=O)CCCCCCN)cc2O1. The summed E-state index contributed by atoms with van der Waals surface area (Å²) in [5.41, 5.74) is 6.17. The molecule has 1 aliphatic heterocycles. The number of carbonyl (C=O) groups is 1. The average Bonchev–Trinajstić information content (AvgIpc) is 2.71. The van der Waals surface area contributed by atoms with Crippen molar-refractivity contribution in [1.82, 2.24) is 0 Å². The quantitative estimate of drug-likeness (QED) is 0.758. The number of amides is 1. The summed E-state index contributed by atoms with van der Waals surface area (Å²) in [5.74, 6) is 0.759. The Bertz CT molecular complexity index is 500. The second-order valence-electron chi connectivity index (χ2n) is 5.77. The molecule has 0 saturated carbocycles. The lowest BCUT2D eigenvalue weighted by Gasteiger charge is -2.16. The summed E-state index contributed by atoms with van der Waals surface area (Å²) < 4.78 is 11.3. The number of nitrogens with two attached hydrogens (primary N) is 1. The molecule has 0 aromatic heterocycles. The maximum Gasteiger partial charge on any atom is 0.246 e. The van der Waals surface area contributed by atoms with Crippen LogP contribution in [0.4, 0.5) is 5.69 Å². The lowest BCUT2D eigenvalue weighted by Crippen LogP contribution is -2.29. The largest absolute Gasteiger partial charge is 0.449 e. The number of ether oxygens (including phenoxy) is 2. The first kappa shape index (κ1) is 15.6. The summed E-state index contributed by atoms with van der Waals surface area (Å²) in [4.78, 5) is 11.9. The molecule has 1 heterocycles. The number of hydrogen-bond donors (Lipinski definition) is 2. The zero-order valence-electron chi connectivity index (χ0n) is 12.8. The highest BCUT2D eigenvalue weighted by atomic mass is 16.7. The minimum Gasteiger partial charge on any atom is -0.449 e. The third-order valence-corrected chi connectivity index (χ3v) is 3.30. The number of anilines is 1. The van der Waals surface area contributed by atoms with Crippen LogP contribution >= 0.6 is 0 Å². The fraction of sp³-hybridized carbons (Fsp3) is 0.562. The van der Waals surface area contributed by atoms with Gasteiger partial charge in [-0.3, -0.25) is 4.79 Å². The molecular formula is C16H24N2O3. The summed E-state index contributed by atoms with van der Waals surface area (Å²) in [6, 6.07) is 5.45. The van der Waals surface area contributed by atoms with Crippen LogP contribution in [0.3, 0.4) is 0 Å². The van der Waals surface area contributed by atoms with Crippen LogP contribution in [0.1, 0.15) is 46.0 Å². The van der Waals surface area contributed by atoms with Gasteiger partial charge in [0.25, 0.3) is 0 Å². The lowest BCUT2D eigenvalue weighted by atomic mass is 10.1. The van der Waals surface area contributed by atoms with E-state index in [0.717, 1.165) is 37.9 Å². The molecule has 0 radical (unpaired) electrons. The molecule has 5 heteroatoms. The number of benzene rings is 1. The number of unbranched alkanes of at least 4 members (excludes halogenated alkanes) is 3. The van der Waals surface area contributed by atoms with Gasteiger partial charge in [0.2, 0.25) is 11.7 Å². The molecule has 0 saturated heterocycles. The van der Waals surface area contributed by atoms with Crippen molar-refractivity contribution in [3.8, 4) is 11.5 Å². The van der Waals surface area contributed by atoms with Crippen LogP contribution in [0, 0.1) is 0 Å². The van der Waals surface area contributed by atoms with Crippen molar-refractivity contribution in [3.05, 3.63) is 18.2 Å². The Kier molecular flexibility index (Phi) is 5.07. The molecule has 0 unspecified atom stereocenters. The maximum absolute atomic E-state index is 11.9. The van der Waals surface area contributed by atoms with Crippen LogP contribution in [-0.2, 0) is 4.79 Å². The fourth-order valence-corrected chi connectivity index (χ4v) is 2.31.